The Hall–Kier alpha value is -1.54. The van der Waals surface area contributed by atoms with E-state index >= 15 is 0 Å². The van der Waals surface area contributed by atoms with Gasteiger partial charge >= 0.3 is 5.97 Å². The van der Waals surface area contributed by atoms with Gasteiger partial charge in [0.05, 0.1) is 12.7 Å². The highest BCUT2D eigenvalue weighted by Gasteiger charge is 2.30. The zero-order valence-electron chi connectivity index (χ0n) is 9.75. The van der Waals surface area contributed by atoms with E-state index in [1.54, 1.807) is 0 Å². The van der Waals surface area contributed by atoms with Crippen LogP contribution in [0.3, 0.4) is 0 Å². The van der Waals surface area contributed by atoms with Crippen LogP contribution >= 0.6 is 11.3 Å². The van der Waals surface area contributed by atoms with E-state index in [0.29, 0.717) is 21.0 Å². The molecule has 0 fully saturated rings. The molecule has 0 radical (unpaired) electrons. The second-order valence-corrected chi connectivity index (χ2v) is 5.45. The molecule has 0 unspecified atom stereocenters. The first kappa shape index (κ1) is 12.5. The maximum absolute atomic E-state index is 11.6. The van der Waals surface area contributed by atoms with Gasteiger partial charge in [-0.15, -0.1) is 11.3 Å². The molecule has 1 heterocycles. The molecule has 2 N–H and O–H groups in total. The maximum atomic E-state index is 11.6. The Bertz CT molecular complexity index is 464. The lowest BCUT2D eigenvalue weighted by molar-refractivity contribution is 0.0603. The van der Waals surface area contributed by atoms with E-state index < -0.39 is 5.97 Å². The summed E-state index contributed by atoms with van der Waals surface area (Å²) in [6.07, 6.45) is 0. The van der Waals surface area contributed by atoms with E-state index in [4.69, 9.17) is 15.7 Å². The number of hydrogen-bond acceptors (Lipinski definition) is 5. The number of nitrogens with zero attached hydrogens (tertiary/aromatic N) is 1. The number of nitrogens with two attached hydrogens (primary N) is 1. The molecular formula is C11H14N2O2S. The Labute approximate surface area is 98.6 Å². The molecule has 4 nitrogen and oxygen atoms in total. The molecule has 0 aliphatic carbocycles. The highest BCUT2D eigenvalue weighted by atomic mass is 32.1. The zero-order valence-corrected chi connectivity index (χ0v) is 10.6. The Balaban J connectivity index is 3.53. The molecule has 0 bridgehead atoms. The van der Waals surface area contributed by atoms with Crippen LogP contribution in [0, 0.1) is 11.3 Å². The maximum Gasteiger partial charge on any atom is 0.348 e. The number of anilines is 1. The highest BCUT2D eigenvalue weighted by Crippen LogP contribution is 2.38. The number of esters is 1. The predicted octanol–water partition coefficient (Wildman–Crippen LogP) is 2.29. The van der Waals surface area contributed by atoms with E-state index in [2.05, 4.69) is 0 Å². The average Bonchev–Trinajstić information content (AvgIpc) is 2.53. The number of methoxy groups -OCH3 is 1. The van der Waals surface area contributed by atoms with Gasteiger partial charge in [-0.3, -0.25) is 0 Å². The van der Waals surface area contributed by atoms with Crippen molar-refractivity contribution in [1.29, 1.82) is 5.26 Å². The minimum absolute atomic E-state index is 0.317. The van der Waals surface area contributed by atoms with Crippen LogP contribution in [0.15, 0.2) is 0 Å². The van der Waals surface area contributed by atoms with E-state index in [1.165, 1.54) is 7.11 Å². The summed E-state index contributed by atoms with van der Waals surface area (Å²) in [6.45, 7) is 5.80. The van der Waals surface area contributed by atoms with E-state index in [0.717, 1.165) is 11.3 Å². The Morgan fingerprint density at radius 2 is 2.06 bits per heavy atom. The Kier molecular flexibility index (Phi) is 3.24. The first-order valence-corrected chi connectivity index (χ1v) is 5.55. The topological polar surface area (TPSA) is 76.1 Å². The lowest BCUT2D eigenvalue weighted by atomic mass is 9.84. The van der Waals surface area contributed by atoms with Gasteiger partial charge in [0.1, 0.15) is 15.9 Å². The van der Waals surface area contributed by atoms with Crippen molar-refractivity contribution in [2.24, 2.45) is 0 Å². The van der Waals surface area contributed by atoms with Crippen molar-refractivity contribution in [2.45, 2.75) is 26.2 Å². The van der Waals surface area contributed by atoms with Crippen LogP contribution in [0.1, 0.15) is 41.6 Å². The van der Waals surface area contributed by atoms with Crippen LogP contribution < -0.4 is 5.73 Å². The van der Waals surface area contributed by atoms with Gasteiger partial charge in [-0.05, 0) is 5.41 Å². The fraction of sp³-hybridized carbons (Fsp3) is 0.455. The van der Waals surface area contributed by atoms with Gasteiger partial charge in [0.25, 0.3) is 0 Å². The molecule has 1 aromatic heterocycles. The van der Waals surface area contributed by atoms with Gasteiger partial charge in [-0.1, -0.05) is 20.8 Å². The third-order valence-corrected chi connectivity index (χ3v) is 3.17. The highest BCUT2D eigenvalue weighted by molar-refractivity contribution is 7.18. The fourth-order valence-corrected chi connectivity index (χ4v) is 2.66. The van der Waals surface area contributed by atoms with Crippen molar-refractivity contribution < 1.29 is 9.53 Å². The molecule has 0 aliphatic heterocycles. The summed E-state index contributed by atoms with van der Waals surface area (Å²) in [5.41, 5.74) is 6.47. The second-order valence-electron chi connectivity index (χ2n) is 4.40. The SMILES string of the molecule is COC(=O)c1sc(N)c(C#N)c1C(C)(C)C. The molecule has 0 amide bonds. The van der Waals surface area contributed by atoms with Crippen LogP contribution in [-0.4, -0.2) is 13.1 Å². The van der Waals surface area contributed by atoms with Gasteiger partial charge < -0.3 is 10.5 Å². The van der Waals surface area contributed by atoms with Crippen LogP contribution in [0.4, 0.5) is 5.00 Å². The quantitative estimate of drug-likeness (QED) is 0.761. The molecule has 86 valence electrons. The van der Waals surface area contributed by atoms with Crippen molar-refractivity contribution in [3.8, 4) is 6.07 Å². The van der Waals surface area contributed by atoms with Gasteiger partial charge in [0, 0.05) is 5.56 Å². The number of carbonyl (C=O) groups is 1. The number of ether oxygens (including phenoxy) is 1. The van der Waals surface area contributed by atoms with Gasteiger partial charge in [-0.25, -0.2) is 4.79 Å². The molecule has 0 spiro atoms. The number of carbonyl (C=O) groups excluding carboxylic acids is 1. The largest absolute Gasteiger partial charge is 0.465 e. The van der Waals surface area contributed by atoms with Crippen molar-refractivity contribution in [3.05, 3.63) is 16.0 Å². The lowest BCUT2D eigenvalue weighted by Crippen LogP contribution is -2.17. The van der Waals surface area contributed by atoms with Crippen LogP contribution in [-0.2, 0) is 10.2 Å². The van der Waals surface area contributed by atoms with E-state index in [-0.39, 0.29) is 5.41 Å². The summed E-state index contributed by atoms with van der Waals surface area (Å²) in [7, 11) is 1.32. The molecule has 0 aliphatic rings. The summed E-state index contributed by atoms with van der Waals surface area (Å²) >= 11 is 1.11. The molecule has 0 saturated carbocycles. The van der Waals surface area contributed by atoms with Crippen molar-refractivity contribution >= 4 is 22.3 Å². The van der Waals surface area contributed by atoms with E-state index in [1.807, 2.05) is 26.8 Å². The van der Waals surface area contributed by atoms with Crippen molar-refractivity contribution in [1.82, 2.24) is 0 Å². The summed E-state index contributed by atoms with van der Waals surface area (Å²) in [6, 6.07) is 2.05. The van der Waals surface area contributed by atoms with Crippen LogP contribution in [0.5, 0.6) is 0 Å². The summed E-state index contributed by atoms with van der Waals surface area (Å²) in [5.74, 6) is -0.442. The average molecular weight is 238 g/mol. The van der Waals surface area contributed by atoms with Crippen molar-refractivity contribution in [2.75, 3.05) is 12.8 Å². The number of nitrogen functional groups attached to an aromatic ring is 1. The first-order chi connectivity index (χ1) is 7.32. The minimum atomic E-state index is -0.442. The third-order valence-electron chi connectivity index (χ3n) is 2.17. The van der Waals surface area contributed by atoms with Crippen LogP contribution in [0.25, 0.3) is 0 Å². The monoisotopic (exact) mass is 238 g/mol. The summed E-state index contributed by atoms with van der Waals surface area (Å²) in [4.78, 5) is 12.0. The van der Waals surface area contributed by atoms with Gasteiger partial charge in [0.15, 0.2) is 0 Å². The molecule has 16 heavy (non-hydrogen) atoms. The minimum Gasteiger partial charge on any atom is -0.465 e. The second kappa shape index (κ2) is 4.14. The smallest absolute Gasteiger partial charge is 0.348 e. The predicted molar refractivity (Wildman–Crippen MR) is 63.5 cm³/mol. The Morgan fingerprint density at radius 1 is 1.50 bits per heavy atom. The third kappa shape index (κ3) is 2.02. The standard InChI is InChI=1S/C11H14N2O2S/c1-11(2,3)7-6(5-12)9(13)16-8(7)10(14)15-4/h13H2,1-4H3. The molecule has 1 aromatic rings. The number of thiophene rings is 1. The molecule has 5 heteroatoms. The Morgan fingerprint density at radius 3 is 2.44 bits per heavy atom. The molecule has 0 atom stereocenters. The molecular weight excluding hydrogens is 224 g/mol. The first-order valence-electron chi connectivity index (χ1n) is 4.74. The van der Waals surface area contributed by atoms with Gasteiger partial charge in [-0.2, -0.15) is 5.26 Å². The molecule has 1 rings (SSSR count). The molecule has 0 saturated heterocycles. The zero-order chi connectivity index (χ0) is 12.5. The number of rotatable bonds is 1. The lowest BCUT2D eigenvalue weighted by Gasteiger charge is -2.19. The van der Waals surface area contributed by atoms with Crippen LogP contribution in [0.2, 0.25) is 0 Å². The summed E-state index contributed by atoms with van der Waals surface area (Å²) in [5, 5.41) is 9.42. The van der Waals surface area contributed by atoms with Gasteiger partial charge in [0.2, 0.25) is 0 Å². The number of hydrogen-bond donors (Lipinski definition) is 1. The fourth-order valence-electron chi connectivity index (χ4n) is 1.51. The molecule has 0 aromatic carbocycles. The van der Waals surface area contributed by atoms with Crippen molar-refractivity contribution in [3.63, 3.8) is 0 Å². The summed E-state index contributed by atoms with van der Waals surface area (Å²) < 4.78 is 4.69. The number of nitriles is 1. The van der Waals surface area contributed by atoms with E-state index in [9.17, 15) is 4.79 Å². The normalized spacial score (nSPS) is 10.9.